The summed E-state index contributed by atoms with van der Waals surface area (Å²) in [6.07, 6.45) is 5.73. The molecular formula is C16H18Cl2N4. The molecule has 0 N–H and O–H groups in total. The largest absolute Gasteiger partial charge is 0.329 e. The molecule has 0 bridgehead atoms. The zero-order valence-electron chi connectivity index (χ0n) is 12.7. The van der Waals surface area contributed by atoms with Gasteiger partial charge in [-0.2, -0.15) is 0 Å². The number of hydrogen-bond donors (Lipinski definition) is 0. The van der Waals surface area contributed by atoms with E-state index in [1.165, 1.54) is 5.69 Å². The van der Waals surface area contributed by atoms with Crippen molar-refractivity contribution in [1.82, 2.24) is 19.1 Å². The number of rotatable bonds is 3. The summed E-state index contributed by atoms with van der Waals surface area (Å²) in [5.74, 6) is 0. The van der Waals surface area contributed by atoms with Gasteiger partial charge in [-0.25, -0.2) is 9.97 Å². The predicted octanol–water partition coefficient (Wildman–Crippen LogP) is 4.12. The summed E-state index contributed by atoms with van der Waals surface area (Å²) >= 11 is 6.07. The topological polar surface area (TPSA) is 35.6 Å². The van der Waals surface area contributed by atoms with E-state index < -0.39 is 0 Å². The quantitative estimate of drug-likeness (QED) is 0.721. The third-order valence-corrected chi connectivity index (χ3v) is 4.18. The van der Waals surface area contributed by atoms with Crippen LogP contribution in [0.3, 0.4) is 0 Å². The molecule has 6 heteroatoms. The van der Waals surface area contributed by atoms with E-state index in [1.807, 2.05) is 49.4 Å². The van der Waals surface area contributed by atoms with Crippen molar-refractivity contribution in [2.75, 3.05) is 0 Å². The Balaban J connectivity index is 0.00000176. The summed E-state index contributed by atoms with van der Waals surface area (Å²) in [6, 6.07) is 5.96. The molecule has 0 aliphatic heterocycles. The van der Waals surface area contributed by atoms with Crippen LogP contribution in [0, 0.1) is 20.8 Å². The van der Waals surface area contributed by atoms with E-state index in [4.69, 9.17) is 11.6 Å². The number of hydrogen-bond acceptors (Lipinski definition) is 2. The minimum Gasteiger partial charge on any atom is -0.329 e. The average Bonchev–Trinajstić information content (AvgIpc) is 3.04. The standard InChI is InChI=1S/C16H17ClN4.ClH/c1-11-6-15(4-5-16(11)17)21-8-14(19-10-21)7-20-9-18-12(2)13(20)3;/h4-6,8-10H,7H2,1-3H3;1H. The molecule has 3 rings (SSSR count). The Kier molecular flexibility index (Phi) is 4.94. The second-order valence-electron chi connectivity index (χ2n) is 5.25. The molecule has 3 aromatic rings. The Labute approximate surface area is 141 Å². The molecule has 0 unspecified atom stereocenters. The van der Waals surface area contributed by atoms with E-state index in [-0.39, 0.29) is 12.4 Å². The highest BCUT2D eigenvalue weighted by Crippen LogP contribution is 2.19. The molecule has 4 nitrogen and oxygen atoms in total. The third kappa shape index (κ3) is 3.18. The minimum atomic E-state index is 0. The molecule has 116 valence electrons. The van der Waals surface area contributed by atoms with Crippen LogP contribution in [0.5, 0.6) is 0 Å². The molecule has 0 spiro atoms. The first-order chi connectivity index (χ1) is 10.0. The Morgan fingerprint density at radius 3 is 2.50 bits per heavy atom. The molecule has 0 saturated carbocycles. The summed E-state index contributed by atoms with van der Waals surface area (Å²) in [6.45, 7) is 6.82. The maximum Gasteiger partial charge on any atom is 0.0996 e. The van der Waals surface area contributed by atoms with Crippen LogP contribution in [0.15, 0.2) is 37.1 Å². The lowest BCUT2D eigenvalue weighted by atomic mass is 10.2. The predicted molar refractivity (Wildman–Crippen MR) is 91.4 cm³/mol. The van der Waals surface area contributed by atoms with Gasteiger partial charge in [0, 0.05) is 22.6 Å². The molecule has 0 aliphatic rings. The maximum atomic E-state index is 6.07. The van der Waals surface area contributed by atoms with Gasteiger partial charge in [-0.1, -0.05) is 11.6 Å². The fourth-order valence-electron chi connectivity index (χ4n) is 2.25. The van der Waals surface area contributed by atoms with Gasteiger partial charge in [-0.3, -0.25) is 0 Å². The molecule has 0 amide bonds. The molecule has 0 fully saturated rings. The second kappa shape index (κ2) is 6.55. The van der Waals surface area contributed by atoms with Crippen molar-refractivity contribution >= 4 is 24.0 Å². The molecule has 0 atom stereocenters. The highest BCUT2D eigenvalue weighted by Gasteiger charge is 2.06. The van der Waals surface area contributed by atoms with Gasteiger partial charge in [0.1, 0.15) is 0 Å². The molecule has 1 aromatic carbocycles. The molecule has 0 radical (unpaired) electrons. The van der Waals surface area contributed by atoms with Crippen molar-refractivity contribution in [3.63, 3.8) is 0 Å². The number of aromatic nitrogens is 4. The van der Waals surface area contributed by atoms with Crippen LogP contribution in [0.4, 0.5) is 0 Å². The molecule has 2 heterocycles. The number of benzene rings is 1. The fraction of sp³-hybridized carbons (Fsp3) is 0.250. The third-order valence-electron chi connectivity index (χ3n) is 3.75. The van der Waals surface area contributed by atoms with Gasteiger partial charge in [-0.05, 0) is 44.5 Å². The summed E-state index contributed by atoms with van der Waals surface area (Å²) < 4.78 is 4.12. The maximum absolute atomic E-state index is 6.07. The Morgan fingerprint density at radius 2 is 1.86 bits per heavy atom. The van der Waals surface area contributed by atoms with Gasteiger partial charge in [0.05, 0.1) is 30.6 Å². The first kappa shape index (κ1) is 16.6. The zero-order valence-corrected chi connectivity index (χ0v) is 14.3. The fourth-order valence-corrected chi connectivity index (χ4v) is 2.37. The van der Waals surface area contributed by atoms with Gasteiger partial charge in [0.25, 0.3) is 0 Å². The Hall–Kier alpha value is -1.78. The molecule has 0 saturated heterocycles. The molecule has 0 aliphatic carbocycles. The van der Waals surface area contributed by atoms with Crippen LogP contribution < -0.4 is 0 Å². The van der Waals surface area contributed by atoms with Crippen molar-refractivity contribution in [3.05, 3.63) is 64.7 Å². The van der Waals surface area contributed by atoms with Gasteiger partial charge >= 0.3 is 0 Å². The zero-order chi connectivity index (χ0) is 15.0. The number of imidazole rings is 2. The first-order valence-corrected chi connectivity index (χ1v) is 7.20. The van der Waals surface area contributed by atoms with Crippen LogP contribution >= 0.6 is 24.0 Å². The van der Waals surface area contributed by atoms with Crippen molar-refractivity contribution in [2.24, 2.45) is 0 Å². The van der Waals surface area contributed by atoms with Crippen LogP contribution in [-0.2, 0) is 6.54 Å². The number of nitrogens with zero attached hydrogens (tertiary/aromatic N) is 4. The van der Waals surface area contributed by atoms with Gasteiger partial charge < -0.3 is 9.13 Å². The van der Waals surface area contributed by atoms with Gasteiger partial charge in [0.15, 0.2) is 0 Å². The molecule has 22 heavy (non-hydrogen) atoms. The van der Waals surface area contributed by atoms with Crippen molar-refractivity contribution in [1.29, 1.82) is 0 Å². The SMILES string of the molecule is Cc1cc(-n2cnc(Cn3cnc(C)c3C)c2)ccc1Cl.Cl. The summed E-state index contributed by atoms with van der Waals surface area (Å²) in [5, 5.41) is 0.781. The summed E-state index contributed by atoms with van der Waals surface area (Å²) in [7, 11) is 0. The Bertz CT molecular complexity index is 789. The van der Waals surface area contributed by atoms with E-state index in [1.54, 1.807) is 0 Å². The molecular weight excluding hydrogens is 319 g/mol. The van der Waals surface area contributed by atoms with Crippen LogP contribution in [0.1, 0.15) is 22.6 Å². The van der Waals surface area contributed by atoms with E-state index >= 15 is 0 Å². The smallest absolute Gasteiger partial charge is 0.0996 e. The van der Waals surface area contributed by atoms with Crippen molar-refractivity contribution in [3.8, 4) is 5.69 Å². The lowest BCUT2D eigenvalue weighted by Gasteiger charge is -2.05. The normalized spacial score (nSPS) is 10.5. The van der Waals surface area contributed by atoms with E-state index in [0.717, 1.165) is 34.2 Å². The van der Waals surface area contributed by atoms with Gasteiger partial charge in [0.2, 0.25) is 0 Å². The minimum absolute atomic E-state index is 0. The van der Waals surface area contributed by atoms with Crippen molar-refractivity contribution in [2.45, 2.75) is 27.3 Å². The van der Waals surface area contributed by atoms with E-state index in [9.17, 15) is 0 Å². The Morgan fingerprint density at radius 1 is 1.09 bits per heavy atom. The molecule has 2 aromatic heterocycles. The summed E-state index contributed by atoms with van der Waals surface area (Å²) in [4.78, 5) is 8.78. The van der Waals surface area contributed by atoms with E-state index in [2.05, 4.69) is 27.5 Å². The highest BCUT2D eigenvalue weighted by molar-refractivity contribution is 6.31. The second-order valence-corrected chi connectivity index (χ2v) is 5.66. The summed E-state index contributed by atoms with van der Waals surface area (Å²) in [5.41, 5.74) is 5.36. The monoisotopic (exact) mass is 336 g/mol. The highest BCUT2D eigenvalue weighted by atomic mass is 35.5. The van der Waals surface area contributed by atoms with Crippen molar-refractivity contribution < 1.29 is 0 Å². The van der Waals surface area contributed by atoms with Crippen LogP contribution in [0.2, 0.25) is 5.02 Å². The van der Waals surface area contributed by atoms with Crippen LogP contribution in [-0.4, -0.2) is 19.1 Å². The van der Waals surface area contributed by atoms with Gasteiger partial charge in [-0.15, -0.1) is 12.4 Å². The van der Waals surface area contributed by atoms with E-state index in [0.29, 0.717) is 0 Å². The lowest BCUT2D eigenvalue weighted by Crippen LogP contribution is -2.01. The first-order valence-electron chi connectivity index (χ1n) is 6.82. The lowest BCUT2D eigenvalue weighted by molar-refractivity contribution is 0.752. The number of aryl methyl sites for hydroxylation is 2. The average molecular weight is 337 g/mol. The van der Waals surface area contributed by atoms with Crippen LogP contribution in [0.25, 0.3) is 5.69 Å². The number of halogens is 2.